The summed E-state index contributed by atoms with van der Waals surface area (Å²) in [6, 6.07) is 6.52. The molecule has 1 N–H and O–H groups in total. The molecule has 1 nitrogen and oxygen atoms in total. The fraction of sp³-hybridized carbons (Fsp3) is 0.333. The second-order valence-electron chi connectivity index (χ2n) is 4.28. The Morgan fingerprint density at radius 2 is 2.00 bits per heavy atom. The molecule has 0 spiro atoms. The van der Waals surface area contributed by atoms with Gasteiger partial charge in [-0.1, -0.05) is 32.6 Å². The van der Waals surface area contributed by atoms with Crippen LogP contribution >= 0.6 is 0 Å². The van der Waals surface area contributed by atoms with E-state index in [9.17, 15) is 0 Å². The molecule has 2 rings (SSSR count). The Morgan fingerprint density at radius 1 is 1.31 bits per heavy atom. The third-order valence-corrected chi connectivity index (χ3v) is 2.89. The minimum Gasteiger partial charge on any atom is -0.358 e. The molecule has 1 heterocycles. The average molecular weight is 173 g/mol. The summed E-state index contributed by atoms with van der Waals surface area (Å²) in [5.41, 5.74) is 5.02. The van der Waals surface area contributed by atoms with Crippen molar-refractivity contribution in [2.45, 2.75) is 26.2 Å². The van der Waals surface area contributed by atoms with Crippen LogP contribution in [0.3, 0.4) is 0 Å². The van der Waals surface area contributed by atoms with Gasteiger partial charge in [-0.3, -0.25) is 0 Å². The van der Waals surface area contributed by atoms with Gasteiger partial charge in [0.15, 0.2) is 0 Å². The van der Waals surface area contributed by atoms with Gasteiger partial charge in [-0.2, -0.15) is 0 Å². The molecule has 1 aliphatic heterocycles. The van der Waals surface area contributed by atoms with Crippen LogP contribution in [-0.2, 0) is 5.41 Å². The number of allylic oxidation sites excluding steroid dienone is 1. The topological polar surface area (TPSA) is 12.0 Å². The third-order valence-electron chi connectivity index (χ3n) is 2.89. The monoisotopic (exact) mass is 173 g/mol. The molecule has 68 valence electrons. The molecule has 0 unspecified atom stereocenters. The number of aryl methyl sites for hydroxylation is 1. The molecular formula is C12H15N. The van der Waals surface area contributed by atoms with Crippen LogP contribution in [0.15, 0.2) is 30.5 Å². The maximum atomic E-state index is 4.04. The van der Waals surface area contributed by atoms with Crippen molar-refractivity contribution in [3.63, 3.8) is 0 Å². The fourth-order valence-electron chi connectivity index (χ4n) is 1.79. The van der Waals surface area contributed by atoms with Gasteiger partial charge in [0.25, 0.3) is 0 Å². The Kier molecular flexibility index (Phi) is 1.53. The number of hydrogen-bond donors (Lipinski definition) is 1. The second kappa shape index (κ2) is 2.38. The first-order valence-corrected chi connectivity index (χ1v) is 4.59. The lowest BCUT2D eigenvalue weighted by atomic mass is 9.84. The van der Waals surface area contributed by atoms with Crippen molar-refractivity contribution >= 4 is 5.69 Å². The van der Waals surface area contributed by atoms with Crippen LogP contribution in [-0.4, -0.2) is 0 Å². The molecule has 13 heavy (non-hydrogen) atoms. The van der Waals surface area contributed by atoms with Crippen LogP contribution in [0.1, 0.15) is 25.0 Å². The second-order valence-corrected chi connectivity index (χ2v) is 4.28. The predicted molar refractivity (Wildman–Crippen MR) is 57.0 cm³/mol. The molecule has 1 aromatic rings. The van der Waals surface area contributed by atoms with Gasteiger partial charge in [-0.15, -0.1) is 0 Å². The molecule has 0 amide bonds. The van der Waals surface area contributed by atoms with Crippen LogP contribution in [0.4, 0.5) is 5.69 Å². The Morgan fingerprint density at radius 3 is 2.69 bits per heavy atom. The van der Waals surface area contributed by atoms with E-state index in [1.54, 1.807) is 0 Å². The van der Waals surface area contributed by atoms with Gasteiger partial charge in [0.05, 0.1) is 0 Å². The van der Waals surface area contributed by atoms with E-state index in [1.807, 2.05) is 0 Å². The van der Waals surface area contributed by atoms with Crippen molar-refractivity contribution in [1.82, 2.24) is 0 Å². The lowest BCUT2D eigenvalue weighted by molar-refractivity contribution is 0.656. The molecule has 1 aliphatic rings. The van der Waals surface area contributed by atoms with E-state index in [-0.39, 0.29) is 5.41 Å². The first-order chi connectivity index (χ1) is 6.01. The Balaban J connectivity index is 2.62. The summed E-state index contributed by atoms with van der Waals surface area (Å²) in [6.07, 6.45) is 0. The molecule has 0 aromatic heterocycles. The Hall–Kier alpha value is -1.24. The third kappa shape index (κ3) is 1.07. The summed E-state index contributed by atoms with van der Waals surface area (Å²) in [7, 11) is 0. The summed E-state index contributed by atoms with van der Waals surface area (Å²) in [6.45, 7) is 10.5. The van der Waals surface area contributed by atoms with Gasteiger partial charge < -0.3 is 5.32 Å². The summed E-state index contributed by atoms with van der Waals surface area (Å²) < 4.78 is 0. The molecule has 0 saturated carbocycles. The lowest BCUT2D eigenvalue weighted by Crippen LogP contribution is -2.15. The maximum Gasteiger partial charge on any atom is 0.0426 e. The standard InChI is InChI=1S/C12H15N/c1-8-5-6-10-11(7-8)13-9(2)12(10,3)4/h5-7,13H,2H2,1,3-4H3. The van der Waals surface area contributed by atoms with Crippen molar-refractivity contribution in [3.8, 4) is 0 Å². The molecular weight excluding hydrogens is 158 g/mol. The van der Waals surface area contributed by atoms with E-state index in [1.165, 1.54) is 16.8 Å². The summed E-state index contributed by atoms with van der Waals surface area (Å²) >= 11 is 0. The van der Waals surface area contributed by atoms with Gasteiger partial charge in [-0.25, -0.2) is 0 Å². The first-order valence-electron chi connectivity index (χ1n) is 4.59. The highest BCUT2D eigenvalue weighted by atomic mass is 14.9. The zero-order chi connectivity index (χ0) is 9.64. The molecule has 0 radical (unpaired) electrons. The van der Waals surface area contributed by atoms with E-state index in [4.69, 9.17) is 0 Å². The van der Waals surface area contributed by atoms with Crippen LogP contribution in [0.2, 0.25) is 0 Å². The number of hydrogen-bond acceptors (Lipinski definition) is 1. The van der Waals surface area contributed by atoms with Crippen molar-refractivity contribution < 1.29 is 0 Å². The van der Waals surface area contributed by atoms with Crippen molar-refractivity contribution in [1.29, 1.82) is 0 Å². The summed E-state index contributed by atoms with van der Waals surface area (Å²) in [5.74, 6) is 0. The highest BCUT2D eigenvalue weighted by Crippen LogP contribution is 2.42. The number of rotatable bonds is 0. The maximum absolute atomic E-state index is 4.04. The molecule has 0 atom stereocenters. The van der Waals surface area contributed by atoms with Crippen LogP contribution < -0.4 is 5.32 Å². The largest absolute Gasteiger partial charge is 0.358 e. The zero-order valence-corrected chi connectivity index (χ0v) is 8.44. The Bertz CT molecular complexity index is 375. The highest BCUT2D eigenvalue weighted by molar-refractivity contribution is 5.68. The van der Waals surface area contributed by atoms with Gasteiger partial charge >= 0.3 is 0 Å². The summed E-state index contributed by atoms with van der Waals surface area (Å²) in [5, 5.41) is 3.33. The molecule has 0 fully saturated rings. The zero-order valence-electron chi connectivity index (χ0n) is 8.44. The summed E-state index contributed by atoms with van der Waals surface area (Å²) in [4.78, 5) is 0. The smallest absolute Gasteiger partial charge is 0.0426 e. The molecule has 1 aromatic carbocycles. The van der Waals surface area contributed by atoms with E-state index in [0.717, 1.165) is 5.70 Å². The van der Waals surface area contributed by atoms with Crippen molar-refractivity contribution in [2.24, 2.45) is 0 Å². The van der Waals surface area contributed by atoms with E-state index in [2.05, 4.69) is 50.9 Å². The normalized spacial score (nSPS) is 18.2. The van der Waals surface area contributed by atoms with E-state index >= 15 is 0 Å². The Labute approximate surface area is 79.5 Å². The van der Waals surface area contributed by atoms with Gasteiger partial charge in [0.1, 0.15) is 0 Å². The highest BCUT2D eigenvalue weighted by Gasteiger charge is 2.32. The number of benzene rings is 1. The lowest BCUT2D eigenvalue weighted by Gasteiger charge is -2.18. The fourth-order valence-corrected chi connectivity index (χ4v) is 1.79. The van der Waals surface area contributed by atoms with Gasteiger partial charge in [-0.05, 0) is 24.1 Å². The SMILES string of the molecule is C=C1Nc2cc(C)ccc2C1(C)C. The van der Waals surface area contributed by atoms with E-state index in [0.29, 0.717) is 0 Å². The number of anilines is 1. The van der Waals surface area contributed by atoms with Crippen molar-refractivity contribution in [2.75, 3.05) is 5.32 Å². The molecule has 0 aliphatic carbocycles. The number of fused-ring (bicyclic) bond motifs is 1. The van der Waals surface area contributed by atoms with Crippen LogP contribution in [0.25, 0.3) is 0 Å². The van der Waals surface area contributed by atoms with Crippen molar-refractivity contribution in [3.05, 3.63) is 41.6 Å². The quantitative estimate of drug-likeness (QED) is 0.635. The van der Waals surface area contributed by atoms with Gasteiger partial charge in [0.2, 0.25) is 0 Å². The average Bonchev–Trinajstić information content (AvgIpc) is 2.23. The predicted octanol–water partition coefficient (Wildman–Crippen LogP) is 3.21. The van der Waals surface area contributed by atoms with Gasteiger partial charge in [0, 0.05) is 16.8 Å². The number of nitrogens with one attached hydrogen (secondary N) is 1. The molecule has 0 bridgehead atoms. The minimum atomic E-state index is 0.0725. The van der Waals surface area contributed by atoms with E-state index < -0.39 is 0 Å². The van der Waals surface area contributed by atoms with Crippen LogP contribution in [0.5, 0.6) is 0 Å². The van der Waals surface area contributed by atoms with Crippen LogP contribution in [0, 0.1) is 6.92 Å². The molecule has 1 heteroatoms. The molecule has 0 saturated heterocycles. The first kappa shape index (κ1) is 8.36. The minimum absolute atomic E-state index is 0.0725.